The van der Waals surface area contributed by atoms with Gasteiger partial charge in [-0.1, -0.05) is 23.2 Å². The van der Waals surface area contributed by atoms with E-state index < -0.39 is 22.0 Å². The van der Waals surface area contributed by atoms with E-state index in [1.165, 1.54) is 51.5 Å². The molecule has 2 aromatic carbocycles. The van der Waals surface area contributed by atoms with Crippen LogP contribution in [-0.4, -0.2) is 39.8 Å². The van der Waals surface area contributed by atoms with E-state index in [1.54, 1.807) is 0 Å². The third-order valence-electron chi connectivity index (χ3n) is 3.78. The predicted molar refractivity (Wildman–Crippen MR) is 103 cm³/mol. The molecule has 0 fully saturated rings. The van der Waals surface area contributed by atoms with E-state index in [4.69, 9.17) is 32.7 Å². The van der Waals surface area contributed by atoms with E-state index in [2.05, 4.69) is 0 Å². The van der Waals surface area contributed by atoms with E-state index in [9.17, 15) is 18.3 Å². The average Bonchev–Trinajstić information content (AvgIpc) is 2.63. The maximum Gasteiger partial charge on any atom is 0.327 e. The van der Waals surface area contributed by atoms with Gasteiger partial charge in [0.15, 0.2) is 0 Å². The smallest absolute Gasteiger partial charge is 0.327 e. The molecule has 27 heavy (non-hydrogen) atoms. The molecule has 0 saturated carbocycles. The Morgan fingerprint density at radius 3 is 2.26 bits per heavy atom. The molecule has 0 saturated heterocycles. The highest BCUT2D eigenvalue weighted by atomic mass is 35.5. The number of anilines is 1. The van der Waals surface area contributed by atoms with Gasteiger partial charge >= 0.3 is 5.97 Å². The Hall–Kier alpha value is -2.16. The van der Waals surface area contributed by atoms with Crippen LogP contribution in [0, 0.1) is 0 Å². The van der Waals surface area contributed by atoms with Gasteiger partial charge in [0.05, 0.1) is 34.8 Å². The standard InChI is InChI=1S/C17H17Cl2NO6S/c1-10(17(21)22)20(15-7-4-11(25-2)8-16(15)26-3)27(23,24)12-5-6-13(18)14(19)9-12/h4-10H,1-3H3,(H,21,22). The summed E-state index contributed by atoms with van der Waals surface area (Å²) in [6, 6.07) is 6.69. The van der Waals surface area contributed by atoms with Gasteiger partial charge in [-0.25, -0.2) is 17.5 Å². The fourth-order valence-electron chi connectivity index (χ4n) is 2.36. The molecule has 2 rings (SSSR count). The average molecular weight is 434 g/mol. The first kappa shape index (κ1) is 21.1. The summed E-state index contributed by atoms with van der Waals surface area (Å²) < 4.78 is 37.6. The zero-order valence-corrected chi connectivity index (χ0v) is 17.0. The van der Waals surface area contributed by atoms with Gasteiger partial charge in [-0.3, -0.25) is 0 Å². The Morgan fingerprint density at radius 1 is 1.07 bits per heavy atom. The van der Waals surface area contributed by atoms with Crippen LogP contribution in [0.5, 0.6) is 11.5 Å². The van der Waals surface area contributed by atoms with Gasteiger partial charge in [-0.05, 0) is 37.3 Å². The van der Waals surface area contributed by atoms with E-state index in [-0.39, 0.29) is 26.4 Å². The molecule has 1 N–H and O–H groups in total. The van der Waals surface area contributed by atoms with Crippen molar-refractivity contribution in [1.82, 2.24) is 0 Å². The molecule has 7 nitrogen and oxygen atoms in total. The Bertz CT molecular complexity index is 964. The lowest BCUT2D eigenvalue weighted by Gasteiger charge is -2.29. The van der Waals surface area contributed by atoms with E-state index in [0.717, 1.165) is 10.4 Å². The fraction of sp³-hybridized carbons (Fsp3) is 0.235. The maximum absolute atomic E-state index is 13.2. The number of aliphatic carboxylic acids is 1. The monoisotopic (exact) mass is 433 g/mol. The molecule has 0 bridgehead atoms. The van der Waals surface area contributed by atoms with Crippen molar-refractivity contribution in [2.24, 2.45) is 0 Å². The van der Waals surface area contributed by atoms with Crippen molar-refractivity contribution in [3.8, 4) is 11.5 Å². The van der Waals surface area contributed by atoms with E-state index in [0.29, 0.717) is 5.75 Å². The van der Waals surface area contributed by atoms with Gasteiger partial charge in [0, 0.05) is 6.07 Å². The van der Waals surface area contributed by atoms with Crippen molar-refractivity contribution >= 4 is 44.9 Å². The van der Waals surface area contributed by atoms with Crippen LogP contribution in [0.4, 0.5) is 5.69 Å². The Balaban J connectivity index is 2.72. The molecule has 0 aromatic heterocycles. The third kappa shape index (κ3) is 4.23. The van der Waals surface area contributed by atoms with Crippen molar-refractivity contribution in [3.63, 3.8) is 0 Å². The van der Waals surface area contributed by atoms with Gasteiger partial charge in [-0.2, -0.15) is 0 Å². The number of carboxylic acid groups (broad SMARTS) is 1. The second kappa shape index (κ2) is 8.24. The summed E-state index contributed by atoms with van der Waals surface area (Å²) >= 11 is 11.8. The van der Waals surface area contributed by atoms with Crippen LogP contribution in [0.1, 0.15) is 6.92 Å². The number of carboxylic acids is 1. The largest absolute Gasteiger partial charge is 0.497 e. The van der Waals surface area contributed by atoms with Crippen molar-refractivity contribution in [2.45, 2.75) is 17.9 Å². The van der Waals surface area contributed by atoms with Crippen LogP contribution in [0.25, 0.3) is 0 Å². The zero-order valence-electron chi connectivity index (χ0n) is 14.6. The Kier molecular flexibility index (Phi) is 6.46. The highest BCUT2D eigenvalue weighted by Crippen LogP contribution is 2.37. The lowest BCUT2D eigenvalue weighted by molar-refractivity contribution is -0.137. The summed E-state index contributed by atoms with van der Waals surface area (Å²) in [4.78, 5) is 11.4. The minimum Gasteiger partial charge on any atom is -0.497 e. The van der Waals surface area contributed by atoms with Crippen molar-refractivity contribution in [1.29, 1.82) is 0 Å². The third-order valence-corrected chi connectivity index (χ3v) is 6.40. The summed E-state index contributed by atoms with van der Waals surface area (Å²) in [5, 5.41) is 9.67. The number of hydrogen-bond acceptors (Lipinski definition) is 5. The molecule has 1 atom stereocenters. The van der Waals surface area contributed by atoms with Crippen LogP contribution in [-0.2, 0) is 14.8 Å². The van der Waals surface area contributed by atoms with Crippen LogP contribution in [0.15, 0.2) is 41.3 Å². The molecular formula is C17H17Cl2NO6S. The summed E-state index contributed by atoms with van der Waals surface area (Å²) in [7, 11) is -1.52. The SMILES string of the molecule is COc1ccc(N(C(C)C(=O)O)S(=O)(=O)c2ccc(Cl)c(Cl)c2)c(OC)c1. The fourth-order valence-corrected chi connectivity index (χ4v) is 4.38. The first-order valence-electron chi connectivity index (χ1n) is 7.57. The van der Waals surface area contributed by atoms with Gasteiger partial charge in [0.25, 0.3) is 10.0 Å². The number of hydrogen-bond donors (Lipinski definition) is 1. The molecule has 10 heteroatoms. The minimum absolute atomic E-state index is 0.0300. The Labute approximate surface area is 167 Å². The van der Waals surface area contributed by atoms with Gasteiger partial charge in [-0.15, -0.1) is 0 Å². The number of methoxy groups -OCH3 is 2. The van der Waals surface area contributed by atoms with Crippen LogP contribution in [0.2, 0.25) is 10.0 Å². The highest BCUT2D eigenvalue weighted by Gasteiger charge is 2.35. The van der Waals surface area contributed by atoms with Crippen molar-refractivity contribution in [3.05, 3.63) is 46.4 Å². The number of halogens is 2. The molecule has 0 aliphatic rings. The molecule has 1 unspecified atom stereocenters. The van der Waals surface area contributed by atoms with Crippen molar-refractivity contribution in [2.75, 3.05) is 18.5 Å². The van der Waals surface area contributed by atoms with Crippen LogP contribution < -0.4 is 13.8 Å². The topological polar surface area (TPSA) is 93.1 Å². The molecule has 0 spiro atoms. The van der Waals surface area contributed by atoms with E-state index >= 15 is 0 Å². The van der Waals surface area contributed by atoms with Gasteiger partial charge in [0.1, 0.15) is 17.5 Å². The molecule has 2 aromatic rings. The number of sulfonamides is 1. The number of carbonyl (C=O) groups is 1. The number of rotatable bonds is 7. The summed E-state index contributed by atoms with van der Waals surface area (Å²) in [6.45, 7) is 1.25. The summed E-state index contributed by atoms with van der Waals surface area (Å²) in [5.41, 5.74) is 0.0410. The minimum atomic E-state index is -4.30. The normalized spacial score (nSPS) is 12.3. The first-order valence-corrected chi connectivity index (χ1v) is 9.77. The molecular weight excluding hydrogens is 417 g/mol. The zero-order chi connectivity index (χ0) is 20.4. The Morgan fingerprint density at radius 2 is 1.74 bits per heavy atom. The van der Waals surface area contributed by atoms with Crippen LogP contribution in [0.3, 0.4) is 0 Å². The molecule has 0 radical (unpaired) electrons. The quantitative estimate of drug-likeness (QED) is 0.715. The lowest BCUT2D eigenvalue weighted by Crippen LogP contribution is -2.43. The van der Waals surface area contributed by atoms with Gasteiger partial charge < -0.3 is 14.6 Å². The number of nitrogens with zero attached hydrogens (tertiary/aromatic N) is 1. The van der Waals surface area contributed by atoms with Crippen LogP contribution >= 0.6 is 23.2 Å². The molecule has 0 aliphatic heterocycles. The predicted octanol–water partition coefficient (Wildman–Crippen LogP) is 3.68. The van der Waals surface area contributed by atoms with Crippen molar-refractivity contribution < 1.29 is 27.8 Å². The highest BCUT2D eigenvalue weighted by molar-refractivity contribution is 7.93. The molecule has 0 amide bonds. The van der Waals surface area contributed by atoms with Gasteiger partial charge in [0.2, 0.25) is 0 Å². The first-order chi connectivity index (χ1) is 12.6. The summed E-state index contributed by atoms with van der Waals surface area (Å²) in [5.74, 6) is -0.784. The second-order valence-corrected chi connectivity index (χ2v) is 8.06. The maximum atomic E-state index is 13.2. The molecule has 0 aliphatic carbocycles. The lowest BCUT2D eigenvalue weighted by atomic mass is 10.2. The van der Waals surface area contributed by atoms with E-state index in [1.807, 2.05) is 0 Å². The summed E-state index contributed by atoms with van der Waals surface area (Å²) in [6.07, 6.45) is 0. The number of benzene rings is 2. The second-order valence-electron chi connectivity index (χ2n) is 5.43. The number of ether oxygens (including phenoxy) is 2. The molecule has 146 valence electrons. The molecule has 0 heterocycles.